The zero-order chi connectivity index (χ0) is 14.8. The Balaban J connectivity index is 1.81. The number of fused-ring (bicyclic) bond motifs is 1. The summed E-state index contributed by atoms with van der Waals surface area (Å²) in [6.07, 6.45) is 0. The molecule has 0 radical (unpaired) electrons. The fourth-order valence-corrected chi connectivity index (χ4v) is 2.54. The lowest BCUT2D eigenvalue weighted by molar-refractivity contribution is 0.174. The summed E-state index contributed by atoms with van der Waals surface area (Å²) in [5.74, 6) is 1.20. The second kappa shape index (κ2) is 5.72. The van der Waals surface area contributed by atoms with Crippen molar-refractivity contribution in [1.29, 1.82) is 5.26 Å². The predicted molar refractivity (Wildman–Crippen MR) is 81.1 cm³/mol. The minimum Gasteiger partial charge on any atom is -0.454 e. The van der Waals surface area contributed by atoms with Gasteiger partial charge in [0.1, 0.15) is 6.07 Å². The number of nitriles is 1. The highest BCUT2D eigenvalue weighted by Gasteiger charge is 2.18. The van der Waals surface area contributed by atoms with Gasteiger partial charge in [0.25, 0.3) is 0 Å². The Morgan fingerprint density at radius 3 is 2.86 bits per heavy atom. The Labute approximate surface area is 131 Å². The maximum atomic E-state index is 9.09. The Bertz CT molecular complexity index is 741. The maximum absolute atomic E-state index is 9.09. The highest BCUT2D eigenvalue weighted by atomic mass is 35.5. The summed E-state index contributed by atoms with van der Waals surface area (Å²) in [4.78, 5) is 0. The van der Waals surface area contributed by atoms with Crippen LogP contribution in [-0.2, 0) is 6.54 Å². The quantitative estimate of drug-likeness (QED) is 0.920. The van der Waals surface area contributed by atoms with Gasteiger partial charge in [-0.25, -0.2) is 0 Å². The smallest absolute Gasteiger partial charge is 0.231 e. The van der Waals surface area contributed by atoms with Crippen molar-refractivity contribution in [2.75, 3.05) is 12.1 Å². The summed E-state index contributed by atoms with van der Waals surface area (Å²) in [5.41, 5.74) is 2.14. The van der Waals surface area contributed by atoms with Crippen molar-refractivity contribution in [3.05, 3.63) is 51.5 Å². The van der Waals surface area contributed by atoms with Gasteiger partial charge in [0.15, 0.2) is 11.5 Å². The second-order valence-corrected chi connectivity index (χ2v) is 5.31. The van der Waals surface area contributed by atoms with E-state index in [9.17, 15) is 0 Å². The summed E-state index contributed by atoms with van der Waals surface area (Å²) >= 11 is 12.1. The molecule has 0 amide bonds. The van der Waals surface area contributed by atoms with Crippen molar-refractivity contribution in [3.8, 4) is 17.6 Å². The SMILES string of the molecule is N#Cc1ccc(Cl)cc1NCc1cc(Cl)c2c(c1)OCO2. The van der Waals surface area contributed by atoms with Crippen molar-refractivity contribution in [3.63, 3.8) is 0 Å². The molecule has 0 bridgehead atoms. The van der Waals surface area contributed by atoms with E-state index in [1.54, 1.807) is 24.3 Å². The standard InChI is InChI=1S/C15H10Cl2N2O2/c16-11-2-1-10(6-18)13(5-11)19-7-9-3-12(17)15-14(4-9)20-8-21-15/h1-5,19H,7-8H2. The van der Waals surface area contributed by atoms with Gasteiger partial charge in [-0.1, -0.05) is 23.2 Å². The minimum absolute atomic E-state index is 0.179. The molecule has 21 heavy (non-hydrogen) atoms. The first-order valence-corrected chi connectivity index (χ1v) is 6.94. The van der Waals surface area contributed by atoms with Crippen LogP contribution in [0.25, 0.3) is 0 Å². The number of nitrogens with one attached hydrogen (secondary N) is 1. The molecule has 1 heterocycles. The van der Waals surface area contributed by atoms with Gasteiger partial charge in [-0.3, -0.25) is 0 Å². The monoisotopic (exact) mass is 320 g/mol. The van der Waals surface area contributed by atoms with Crippen LogP contribution in [0.4, 0.5) is 5.69 Å². The molecule has 0 fully saturated rings. The van der Waals surface area contributed by atoms with Gasteiger partial charge in [-0.2, -0.15) is 5.26 Å². The fraction of sp³-hybridized carbons (Fsp3) is 0.133. The minimum atomic E-state index is 0.179. The molecule has 0 aliphatic carbocycles. The summed E-state index contributed by atoms with van der Waals surface area (Å²) in [5, 5.41) is 13.3. The van der Waals surface area contributed by atoms with E-state index in [4.69, 9.17) is 37.9 Å². The van der Waals surface area contributed by atoms with Crippen LogP contribution >= 0.6 is 23.2 Å². The van der Waals surface area contributed by atoms with Crippen molar-refractivity contribution in [1.82, 2.24) is 0 Å². The average Bonchev–Trinajstić information content (AvgIpc) is 2.94. The van der Waals surface area contributed by atoms with E-state index in [1.807, 2.05) is 6.07 Å². The fourth-order valence-electron chi connectivity index (χ4n) is 2.08. The second-order valence-electron chi connectivity index (χ2n) is 4.47. The zero-order valence-electron chi connectivity index (χ0n) is 10.8. The van der Waals surface area contributed by atoms with Crippen molar-refractivity contribution < 1.29 is 9.47 Å². The van der Waals surface area contributed by atoms with Gasteiger partial charge in [-0.15, -0.1) is 0 Å². The molecular weight excluding hydrogens is 311 g/mol. The van der Waals surface area contributed by atoms with E-state index < -0.39 is 0 Å². The molecule has 0 saturated carbocycles. The molecule has 0 saturated heterocycles. The van der Waals surface area contributed by atoms with E-state index in [0.717, 1.165) is 5.56 Å². The first kappa shape index (κ1) is 13.9. The number of hydrogen-bond donors (Lipinski definition) is 1. The molecule has 2 aromatic carbocycles. The third-order valence-electron chi connectivity index (χ3n) is 3.07. The summed E-state index contributed by atoms with van der Waals surface area (Å²) in [6, 6.07) is 10.9. The molecular formula is C15H10Cl2N2O2. The predicted octanol–water partition coefficient (Wildman–Crippen LogP) is 4.21. The third-order valence-corrected chi connectivity index (χ3v) is 3.59. The third kappa shape index (κ3) is 2.85. The lowest BCUT2D eigenvalue weighted by Crippen LogP contribution is -2.01. The highest BCUT2D eigenvalue weighted by Crippen LogP contribution is 2.39. The normalized spacial score (nSPS) is 12.0. The molecule has 0 spiro atoms. The summed E-state index contributed by atoms with van der Waals surface area (Å²) in [7, 11) is 0. The van der Waals surface area contributed by atoms with Gasteiger partial charge in [0.2, 0.25) is 6.79 Å². The van der Waals surface area contributed by atoms with E-state index in [2.05, 4.69) is 11.4 Å². The van der Waals surface area contributed by atoms with Crippen LogP contribution in [0.2, 0.25) is 10.0 Å². The lowest BCUT2D eigenvalue weighted by Gasteiger charge is -2.10. The molecule has 1 aliphatic rings. The molecule has 2 aromatic rings. The average molecular weight is 321 g/mol. The number of ether oxygens (including phenoxy) is 2. The molecule has 0 aromatic heterocycles. The summed E-state index contributed by atoms with van der Waals surface area (Å²) in [6.45, 7) is 0.671. The number of anilines is 1. The van der Waals surface area contributed by atoms with Gasteiger partial charge < -0.3 is 14.8 Å². The van der Waals surface area contributed by atoms with E-state index >= 15 is 0 Å². The van der Waals surface area contributed by atoms with Crippen molar-refractivity contribution in [2.45, 2.75) is 6.54 Å². The first-order valence-electron chi connectivity index (χ1n) is 6.19. The number of nitrogens with zero attached hydrogens (tertiary/aromatic N) is 1. The van der Waals surface area contributed by atoms with Crippen LogP contribution in [-0.4, -0.2) is 6.79 Å². The molecule has 3 rings (SSSR count). The molecule has 106 valence electrons. The van der Waals surface area contributed by atoms with Gasteiger partial charge in [0, 0.05) is 11.6 Å². The Hall–Kier alpha value is -2.09. The summed E-state index contributed by atoms with van der Waals surface area (Å²) < 4.78 is 10.6. The van der Waals surface area contributed by atoms with Crippen LogP contribution in [0, 0.1) is 11.3 Å². The van der Waals surface area contributed by atoms with Crippen LogP contribution in [0.15, 0.2) is 30.3 Å². The van der Waals surface area contributed by atoms with Crippen molar-refractivity contribution in [2.24, 2.45) is 0 Å². The van der Waals surface area contributed by atoms with E-state index in [-0.39, 0.29) is 6.79 Å². The Morgan fingerprint density at radius 2 is 2.05 bits per heavy atom. The van der Waals surface area contributed by atoms with Gasteiger partial charge >= 0.3 is 0 Å². The highest BCUT2D eigenvalue weighted by molar-refractivity contribution is 6.32. The molecule has 1 N–H and O–H groups in total. The molecule has 6 heteroatoms. The maximum Gasteiger partial charge on any atom is 0.231 e. The first-order chi connectivity index (χ1) is 10.2. The number of halogens is 2. The molecule has 0 unspecified atom stereocenters. The van der Waals surface area contributed by atoms with Crippen LogP contribution < -0.4 is 14.8 Å². The van der Waals surface area contributed by atoms with Crippen LogP contribution in [0.5, 0.6) is 11.5 Å². The van der Waals surface area contributed by atoms with E-state index in [0.29, 0.717) is 39.3 Å². The van der Waals surface area contributed by atoms with Crippen molar-refractivity contribution >= 4 is 28.9 Å². The van der Waals surface area contributed by atoms with Gasteiger partial charge in [-0.05, 0) is 35.9 Å². The number of rotatable bonds is 3. The Kier molecular flexibility index (Phi) is 3.78. The largest absolute Gasteiger partial charge is 0.454 e. The Morgan fingerprint density at radius 1 is 1.19 bits per heavy atom. The molecule has 1 aliphatic heterocycles. The molecule has 0 atom stereocenters. The van der Waals surface area contributed by atoms with Gasteiger partial charge in [0.05, 0.1) is 16.3 Å². The van der Waals surface area contributed by atoms with Crippen LogP contribution in [0.1, 0.15) is 11.1 Å². The number of benzene rings is 2. The topological polar surface area (TPSA) is 54.3 Å². The number of hydrogen-bond acceptors (Lipinski definition) is 4. The zero-order valence-corrected chi connectivity index (χ0v) is 12.3. The molecule has 4 nitrogen and oxygen atoms in total. The lowest BCUT2D eigenvalue weighted by atomic mass is 10.1. The van der Waals surface area contributed by atoms with Crippen LogP contribution in [0.3, 0.4) is 0 Å². The van der Waals surface area contributed by atoms with E-state index in [1.165, 1.54) is 0 Å².